The van der Waals surface area contributed by atoms with Crippen LogP contribution in [0.4, 0.5) is 0 Å². The fourth-order valence-electron chi connectivity index (χ4n) is 1.24. The third kappa shape index (κ3) is 5.02. The Morgan fingerprint density at radius 2 is 2.00 bits per heavy atom. The first kappa shape index (κ1) is 13.7. The average molecular weight is 252 g/mol. The number of aromatic amines is 1. The minimum absolute atomic E-state index is 0.745. The van der Waals surface area contributed by atoms with Crippen LogP contribution in [0.2, 0.25) is 5.02 Å². The van der Waals surface area contributed by atoms with E-state index >= 15 is 0 Å². The maximum absolute atomic E-state index is 5.74. The Bertz CT molecular complexity index is 393. The van der Waals surface area contributed by atoms with Crippen molar-refractivity contribution in [2.75, 3.05) is 6.54 Å². The van der Waals surface area contributed by atoms with Crippen molar-refractivity contribution in [1.82, 2.24) is 9.97 Å². The molecule has 17 heavy (non-hydrogen) atoms. The van der Waals surface area contributed by atoms with E-state index in [1.807, 2.05) is 30.5 Å². The van der Waals surface area contributed by atoms with Crippen LogP contribution in [-0.4, -0.2) is 16.5 Å². The lowest BCUT2D eigenvalue weighted by Gasteiger charge is -1.94. The number of nitrogens with two attached hydrogens (primary N) is 1. The highest BCUT2D eigenvalue weighted by molar-refractivity contribution is 6.30. The van der Waals surface area contributed by atoms with E-state index in [-0.39, 0.29) is 0 Å². The highest BCUT2D eigenvalue weighted by atomic mass is 35.5. The molecule has 1 heterocycles. The molecule has 4 heteroatoms. The van der Waals surface area contributed by atoms with E-state index in [1.165, 1.54) is 12.8 Å². The molecule has 0 aliphatic carbocycles. The molecule has 2 rings (SSSR count). The summed E-state index contributed by atoms with van der Waals surface area (Å²) in [4.78, 5) is 7.02. The Hall–Kier alpha value is -1.32. The maximum Gasteiger partial charge on any atom is 0.0927 e. The smallest absolute Gasteiger partial charge is 0.0927 e. The lowest BCUT2D eigenvalue weighted by Crippen LogP contribution is -1.95. The third-order valence-electron chi connectivity index (χ3n) is 2.20. The van der Waals surface area contributed by atoms with Gasteiger partial charge in [-0.3, -0.25) is 0 Å². The molecule has 3 nitrogen and oxygen atoms in total. The third-order valence-corrected chi connectivity index (χ3v) is 2.45. The fraction of sp³-hybridized carbons (Fsp3) is 0.308. The van der Waals surface area contributed by atoms with Crippen LogP contribution < -0.4 is 5.73 Å². The minimum Gasteiger partial charge on any atom is -0.351 e. The SMILES string of the molecule is CCCCN.Clc1ccc(-c2c[nH]cn2)cc1. The summed E-state index contributed by atoms with van der Waals surface area (Å²) in [6, 6.07) is 7.59. The molecule has 0 fully saturated rings. The Labute approximate surface area is 107 Å². The number of hydrogen-bond acceptors (Lipinski definition) is 2. The molecule has 92 valence electrons. The molecular weight excluding hydrogens is 234 g/mol. The van der Waals surface area contributed by atoms with Gasteiger partial charge < -0.3 is 10.7 Å². The van der Waals surface area contributed by atoms with E-state index in [0.29, 0.717) is 0 Å². The largest absolute Gasteiger partial charge is 0.351 e. The van der Waals surface area contributed by atoms with Gasteiger partial charge in [-0.2, -0.15) is 0 Å². The first-order valence-electron chi connectivity index (χ1n) is 5.72. The lowest BCUT2D eigenvalue weighted by atomic mass is 10.2. The van der Waals surface area contributed by atoms with Crippen molar-refractivity contribution in [3.8, 4) is 11.3 Å². The lowest BCUT2D eigenvalue weighted by molar-refractivity contribution is 0.807. The van der Waals surface area contributed by atoms with Crippen molar-refractivity contribution in [3.05, 3.63) is 41.8 Å². The number of imidazole rings is 1. The van der Waals surface area contributed by atoms with Gasteiger partial charge in [-0.05, 0) is 25.1 Å². The van der Waals surface area contributed by atoms with Gasteiger partial charge in [0.2, 0.25) is 0 Å². The maximum atomic E-state index is 5.74. The van der Waals surface area contributed by atoms with Gasteiger partial charge in [0.15, 0.2) is 0 Å². The Morgan fingerprint density at radius 3 is 2.41 bits per heavy atom. The van der Waals surface area contributed by atoms with Gasteiger partial charge in [0.1, 0.15) is 0 Å². The number of halogens is 1. The molecule has 0 aliphatic rings. The summed E-state index contributed by atoms with van der Waals surface area (Å²) in [7, 11) is 0. The summed E-state index contributed by atoms with van der Waals surface area (Å²) in [6.07, 6.45) is 5.89. The van der Waals surface area contributed by atoms with Crippen molar-refractivity contribution in [2.24, 2.45) is 5.73 Å². The van der Waals surface area contributed by atoms with Crippen LogP contribution in [0.25, 0.3) is 11.3 Å². The molecule has 0 saturated carbocycles. The topological polar surface area (TPSA) is 54.7 Å². The summed E-state index contributed by atoms with van der Waals surface area (Å²) in [6.45, 7) is 2.98. The van der Waals surface area contributed by atoms with Gasteiger partial charge in [-0.25, -0.2) is 4.98 Å². The molecule has 2 aromatic rings. The minimum atomic E-state index is 0.745. The van der Waals surface area contributed by atoms with E-state index in [9.17, 15) is 0 Å². The number of hydrogen-bond donors (Lipinski definition) is 2. The molecule has 1 aromatic heterocycles. The molecule has 3 N–H and O–H groups in total. The number of rotatable bonds is 3. The molecule has 0 spiro atoms. The van der Waals surface area contributed by atoms with Gasteiger partial charge in [0, 0.05) is 16.8 Å². The first-order chi connectivity index (χ1) is 8.27. The van der Waals surface area contributed by atoms with Crippen molar-refractivity contribution in [1.29, 1.82) is 0 Å². The zero-order chi connectivity index (χ0) is 12.5. The van der Waals surface area contributed by atoms with Crippen molar-refractivity contribution >= 4 is 11.6 Å². The van der Waals surface area contributed by atoms with Crippen LogP contribution in [0.15, 0.2) is 36.8 Å². The standard InChI is InChI=1S/C9H7ClN2.C4H11N/c10-8-3-1-7(2-4-8)9-5-11-6-12-9;1-2-3-4-5/h1-6H,(H,11,12);2-5H2,1H3. The second-order valence-corrected chi connectivity index (χ2v) is 4.04. The van der Waals surface area contributed by atoms with Crippen LogP contribution >= 0.6 is 11.6 Å². The van der Waals surface area contributed by atoms with Crippen LogP contribution in [0.3, 0.4) is 0 Å². The number of H-pyrrole nitrogens is 1. The summed E-state index contributed by atoms with van der Waals surface area (Å²) in [5.74, 6) is 0. The molecule has 0 amide bonds. The molecule has 0 radical (unpaired) electrons. The molecule has 0 atom stereocenters. The number of unbranched alkanes of at least 4 members (excludes halogenated alkanes) is 1. The van der Waals surface area contributed by atoms with Crippen LogP contribution in [-0.2, 0) is 0 Å². The Kier molecular flexibility index (Phi) is 6.37. The average Bonchev–Trinajstić information content (AvgIpc) is 2.85. The van der Waals surface area contributed by atoms with Gasteiger partial charge >= 0.3 is 0 Å². The highest BCUT2D eigenvalue weighted by Gasteiger charge is 1.97. The molecule has 0 bridgehead atoms. The predicted molar refractivity (Wildman–Crippen MR) is 73.0 cm³/mol. The summed E-state index contributed by atoms with van der Waals surface area (Å²) in [5.41, 5.74) is 7.15. The second-order valence-electron chi connectivity index (χ2n) is 3.60. The van der Waals surface area contributed by atoms with Gasteiger partial charge in [-0.1, -0.05) is 37.1 Å². The van der Waals surface area contributed by atoms with E-state index < -0.39 is 0 Å². The quantitative estimate of drug-likeness (QED) is 0.878. The predicted octanol–water partition coefficient (Wildman–Crippen LogP) is 3.48. The zero-order valence-electron chi connectivity index (χ0n) is 9.99. The van der Waals surface area contributed by atoms with E-state index in [4.69, 9.17) is 17.3 Å². The van der Waals surface area contributed by atoms with Gasteiger partial charge in [0.25, 0.3) is 0 Å². The molecule has 0 saturated heterocycles. The summed E-state index contributed by atoms with van der Waals surface area (Å²) in [5, 5.41) is 0.745. The highest BCUT2D eigenvalue weighted by Crippen LogP contribution is 2.18. The number of benzene rings is 1. The van der Waals surface area contributed by atoms with E-state index in [1.54, 1.807) is 6.33 Å². The first-order valence-corrected chi connectivity index (χ1v) is 6.10. The van der Waals surface area contributed by atoms with Crippen molar-refractivity contribution in [3.63, 3.8) is 0 Å². The van der Waals surface area contributed by atoms with Crippen LogP contribution in [0.1, 0.15) is 19.8 Å². The van der Waals surface area contributed by atoms with Gasteiger partial charge in [0.05, 0.1) is 12.0 Å². The molecule has 0 aliphatic heterocycles. The van der Waals surface area contributed by atoms with Crippen molar-refractivity contribution < 1.29 is 0 Å². The molecule has 0 unspecified atom stereocenters. The number of aromatic nitrogens is 2. The van der Waals surface area contributed by atoms with E-state index in [0.717, 1.165) is 22.8 Å². The summed E-state index contributed by atoms with van der Waals surface area (Å²) >= 11 is 5.74. The summed E-state index contributed by atoms with van der Waals surface area (Å²) < 4.78 is 0. The Balaban J connectivity index is 0.000000249. The van der Waals surface area contributed by atoms with Crippen molar-refractivity contribution in [2.45, 2.75) is 19.8 Å². The fourth-order valence-corrected chi connectivity index (χ4v) is 1.37. The number of nitrogens with zero attached hydrogens (tertiary/aromatic N) is 1. The number of nitrogens with one attached hydrogen (secondary N) is 1. The Morgan fingerprint density at radius 1 is 1.29 bits per heavy atom. The van der Waals surface area contributed by atoms with E-state index in [2.05, 4.69) is 16.9 Å². The van der Waals surface area contributed by atoms with Crippen LogP contribution in [0.5, 0.6) is 0 Å². The monoisotopic (exact) mass is 251 g/mol. The molecule has 1 aromatic carbocycles. The van der Waals surface area contributed by atoms with Crippen LogP contribution in [0, 0.1) is 0 Å². The normalized spacial score (nSPS) is 9.59. The second kappa shape index (κ2) is 7.87. The van der Waals surface area contributed by atoms with Gasteiger partial charge in [-0.15, -0.1) is 0 Å². The molecular formula is C13H18ClN3. The zero-order valence-corrected chi connectivity index (χ0v) is 10.7.